The maximum atomic E-state index is 13.2. The third-order valence-corrected chi connectivity index (χ3v) is 4.77. The molecule has 1 aromatic carbocycles. The lowest BCUT2D eigenvalue weighted by molar-refractivity contribution is 0.0733. The average Bonchev–Trinajstić information content (AvgIpc) is 3.20. The molecule has 0 aliphatic carbocycles. The molecule has 3 aromatic rings. The Bertz CT molecular complexity index is 975. The van der Waals surface area contributed by atoms with Gasteiger partial charge in [-0.25, -0.2) is 19.3 Å². The van der Waals surface area contributed by atoms with Crippen LogP contribution in [0.15, 0.2) is 54.9 Å². The Balaban J connectivity index is 1.55. The standard InChI is InChI=1S/C21H20FN5O/c1-14-4-9-19(24-13-14)26-21-23-11-10-17(25-21)18-3-2-12-27(18)20(28)15-5-7-16(22)8-6-15/h4-11,13,18H,2-3,12H2,1H3,(H,23,24,25,26)/t18-/m1/s1. The van der Waals surface area contributed by atoms with E-state index in [1.54, 1.807) is 17.3 Å². The monoisotopic (exact) mass is 377 g/mol. The van der Waals surface area contributed by atoms with Crippen LogP contribution in [0.5, 0.6) is 0 Å². The van der Waals surface area contributed by atoms with Gasteiger partial charge in [0.15, 0.2) is 0 Å². The molecule has 1 N–H and O–H groups in total. The summed E-state index contributed by atoms with van der Waals surface area (Å²) in [6.45, 7) is 2.62. The zero-order chi connectivity index (χ0) is 19.5. The number of hydrogen-bond donors (Lipinski definition) is 1. The van der Waals surface area contributed by atoms with Gasteiger partial charge >= 0.3 is 0 Å². The van der Waals surface area contributed by atoms with Crippen molar-refractivity contribution in [3.05, 3.63) is 77.5 Å². The fourth-order valence-corrected chi connectivity index (χ4v) is 3.35. The lowest BCUT2D eigenvalue weighted by atomic mass is 10.1. The normalized spacial score (nSPS) is 16.2. The van der Waals surface area contributed by atoms with Crippen molar-refractivity contribution < 1.29 is 9.18 Å². The van der Waals surface area contributed by atoms with E-state index >= 15 is 0 Å². The van der Waals surface area contributed by atoms with Gasteiger partial charge in [0.1, 0.15) is 11.6 Å². The van der Waals surface area contributed by atoms with Crippen LogP contribution in [-0.4, -0.2) is 32.3 Å². The number of hydrogen-bond acceptors (Lipinski definition) is 5. The second-order valence-electron chi connectivity index (χ2n) is 6.81. The SMILES string of the molecule is Cc1ccc(Nc2nccc([C@H]3CCCN3C(=O)c3ccc(F)cc3)n2)nc1. The van der Waals surface area contributed by atoms with Gasteiger partial charge in [-0.15, -0.1) is 0 Å². The number of carbonyl (C=O) groups is 1. The molecule has 0 radical (unpaired) electrons. The maximum absolute atomic E-state index is 13.2. The first-order chi connectivity index (χ1) is 13.6. The number of nitrogens with one attached hydrogen (secondary N) is 1. The van der Waals surface area contributed by atoms with E-state index in [-0.39, 0.29) is 17.8 Å². The molecule has 1 aliphatic rings. The molecule has 0 unspecified atom stereocenters. The number of rotatable bonds is 4. The van der Waals surface area contributed by atoms with Crippen LogP contribution in [0.1, 0.15) is 40.5 Å². The second-order valence-corrected chi connectivity index (χ2v) is 6.81. The number of aryl methyl sites for hydroxylation is 1. The summed E-state index contributed by atoms with van der Waals surface area (Å²) in [7, 11) is 0. The van der Waals surface area contributed by atoms with E-state index in [0.29, 0.717) is 23.9 Å². The molecular weight excluding hydrogens is 357 g/mol. The number of nitrogens with zero attached hydrogens (tertiary/aromatic N) is 4. The van der Waals surface area contributed by atoms with E-state index in [1.165, 1.54) is 24.3 Å². The molecule has 28 heavy (non-hydrogen) atoms. The summed E-state index contributed by atoms with van der Waals surface area (Å²) in [6.07, 6.45) is 5.17. The zero-order valence-corrected chi connectivity index (χ0v) is 15.5. The molecule has 1 fully saturated rings. The summed E-state index contributed by atoms with van der Waals surface area (Å²) in [5, 5.41) is 3.10. The van der Waals surface area contributed by atoms with Crippen LogP contribution in [-0.2, 0) is 0 Å². The molecule has 7 heteroatoms. The highest BCUT2D eigenvalue weighted by Gasteiger charge is 2.31. The molecular formula is C21H20FN5O. The van der Waals surface area contributed by atoms with E-state index in [0.717, 1.165) is 24.1 Å². The summed E-state index contributed by atoms with van der Waals surface area (Å²) in [4.78, 5) is 27.8. The number of halogens is 1. The third-order valence-electron chi connectivity index (χ3n) is 4.77. The predicted octanol–water partition coefficient (Wildman–Crippen LogP) is 4.04. The second kappa shape index (κ2) is 7.72. The smallest absolute Gasteiger partial charge is 0.254 e. The Morgan fingerprint density at radius 1 is 1.14 bits per heavy atom. The fourth-order valence-electron chi connectivity index (χ4n) is 3.35. The van der Waals surface area contributed by atoms with E-state index in [1.807, 2.05) is 25.1 Å². The Hall–Kier alpha value is -3.35. The Kier molecular flexibility index (Phi) is 4.97. The molecule has 1 aliphatic heterocycles. The van der Waals surface area contributed by atoms with Gasteiger partial charge in [-0.05, 0) is 61.7 Å². The van der Waals surface area contributed by atoms with Gasteiger partial charge in [0.2, 0.25) is 5.95 Å². The summed E-state index contributed by atoms with van der Waals surface area (Å²) >= 11 is 0. The first-order valence-corrected chi connectivity index (χ1v) is 9.19. The molecule has 0 spiro atoms. The number of likely N-dealkylation sites (tertiary alicyclic amines) is 1. The largest absolute Gasteiger partial charge is 0.330 e. The van der Waals surface area contributed by atoms with Gasteiger partial charge in [-0.2, -0.15) is 0 Å². The Morgan fingerprint density at radius 3 is 2.71 bits per heavy atom. The number of pyridine rings is 1. The van der Waals surface area contributed by atoms with Crippen molar-refractivity contribution in [1.29, 1.82) is 0 Å². The fraction of sp³-hybridized carbons (Fsp3) is 0.238. The quantitative estimate of drug-likeness (QED) is 0.743. The summed E-state index contributed by atoms with van der Waals surface area (Å²) < 4.78 is 13.2. The van der Waals surface area contributed by atoms with Crippen molar-refractivity contribution in [2.75, 3.05) is 11.9 Å². The molecule has 6 nitrogen and oxygen atoms in total. The van der Waals surface area contributed by atoms with Gasteiger partial charge in [0.05, 0.1) is 11.7 Å². The van der Waals surface area contributed by atoms with Gasteiger partial charge in [0.25, 0.3) is 5.91 Å². The number of carbonyl (C=O) groups excluding carboxylic acids is 1. The predicted molar refractivity (Wildman–Crippen MR) is 104 cm³/mol. The minimum absolute atomic E-state index is 0.115. The minimum atomic E-state index is -0.356. The van der Waals surface area contributed by atoms with Crippen molar-refractivity contribution in [2.45, 2.75) is 25.8 Å². The number of benzene rings is 1. The van der Waals surface area contributed by atoms with Crippen LogP contribution in [0.2, 0.25) is 0 Å². The van der Waals surface area contributed by atoms with Crippen LogP contribution >= 0.6 is 0 Å². The number of amides is 1. The van der Waals surface area contributed by atoms with Crippen molar-refractivity contribution in [2.24, 2.45) is 0 Å². The van der Waals surface area contributed by atoms with Gasteiger partial charge in [0, 0.05) is 24.5 Å². The highest BCUT2D eigenvalue weighted by Crippen LogP contribution is 2.32. The van der Waals surface area contributed by atoms with Gasteiger partial charge in [-0.3, -0.25) is 4.79 Å². The first kappa shape index (κ1) is 18.0. The van der Waals surface area contributed by atoms with E-state index in [2.05, 4.69) is 20.3 Å². The molecule has 1 amide bonds. The van der Waals surface area contributed by atoms with Crippen molar-refractivity contribution >= 4 is 17.7 Å². The molecule has 142 valence electrons. The maximum Gasteiger partial charge on any atom is 0.254 e. The third kappa shape index (κ3) is 3.83. The van der Waals surface area contributed by atoms with Crippen LogP contribution in [0.25, 0.3) is 0 Å². The van der Waals surface area contributed by atoms with Crippen molar-refractivity contribution in [3.8, 4) is 0 Å². The number of aromatic nitrogens is 3. The van der Waals surface area contributed by atoms with Gasteiger partial charge in [-0.1, -0.05) is 6.07 Å². The van der Waals surface area contributed by atoms with Crippen LogP contribution < -0.4 is 5.32 Å². The molecule has 1 saturated heterocycles. The summed E-state index contributed by atoms with van der Waals surface area (Å²) in [5.74, 6) is 0.630. The van der Waals surface area contributed by atoms with E-state index < -0.39 is 0 Å². The summed E-state index contributed by atoms with van der Waals surface area (Å²) in [5.41, 5.74) is 2.32. The zero-order valence-electron chi connectivity index (χ0n) is 15.5. The Labute approximate surface area is 162 Å². The molecule has 2 aromatic heterocycles. The highest BCUT2D eigenvalue weighted by atomic mass is 19.1. The van der Waals surface area contributed by atoms with E-state index in [9.17, 15) is 9.18 Å². The topological polar surface area (TPSA) is 71.0 Å². The molecule has 0 saturated carbocycles. The lowest BCUT2D eigenvalue weighted by Crippen LogP contribution is -2.31. The first-order valence-electron chi connectivity index (χ1n) is 9.19. The highest BCUT2D eigenvalue weighted by molar-refractivity contribution is 5.94. The van der Waals surface area contributed by atoms with Crippen LogP contribution in [0, 0.1) is 12.7 Å². The molecule has 4 rings (SSSR count). The lowest BCUT2D eigenvalue weighted by Gasteiger charge is -2.24. The summed E-state index contributed by atoms with van der Waals surface area (Å²) in [6, 6.07) is 11.2. The molecule has 1 atom stereocenters. The number of anilines is 2. The molecule has 3 heterocycles. The van der Waals surface area contributed by atoms with Crippen LogP contribution in [0.3, 0.4) is 0 Å². The van der Waals surface area contributed by atoms with Gasteiger partial charge < -0.3 is 10.2 Å². The van der Waals surface area contributed by atoms with E-state index in [4.69, 9.17) is 0 Å². The minimum Gasteiger partial charge on any atom is -0.330 e. The van der Waals surface area contributed by atoms with Crippen molar-refractivity contribution in [1.82, 2.24) is 19.9 Å². The molecule has 0 bridgehead atoms. The average molecular weight is 377 g/mol. The van der Waals surface area contributed by atoms with Crippen LogP contribution in [0.4, 0.5) is 16.2 Å². The van der Waals surface area contributed by atoms with Crippen molar-refractivity contribution in [3.63, 3.8) is 0 Å². The Morgan fingerprint density at radius 2 is 1.96 bits per heavy atom.